The summed E-state index contributed by atoms with van der Waals surface area (Å²) in [6.45, 7) is 3.65. The average Bonchev–Trinajstić information content (AvgIpc) is 2.80. The summed E-state index contributed by atoms with van der Waals surface area (Å²) in [6, 6.07) is 5.75. The van der Waals surface area contributed by atoms with E-state index in [0.29, 0.717) is 5.75 Å². The zero-order valence-corrected chi connectivity index (χ0v) is 14.3. The van der Waals surface area contributed by atoms with E-state index in [1.807, 2.05) is 24.4 Å². The number of benzene rings is 1. The van der Waals surface area contributed by atoms with E-state index in [0.717, 1.165) is 13.7 Å². The highest BCUT2D eigenvalue weighted by Crippen LogP contribution is 2.31. The maximum absolute atomic E-state index is 9.72. The van der Waals surface area contributed by atoms with Gasteiger partial charge in [-0.05, 0) is 64.5 Å². The molecule has 0 atom stereocenters. The molecule has 0 spiro atoms. The maximum Gasteiger partial charge on any atom is 0.135 e. The van der Waals surface area contributed by atoms with E-state index in [2.05, 4.69) is 43.6 Å². The molecule has 0 aliphatic heterocycles. The van der Waals surface area contributed by atoms with Crippen LogP contribution in [0.1, 0.15) is 13.8 Å². The molecule has 4 nitrogen and oxygen atoms in total. The van der Waals surface area contributed by atoms with Crippen molar-refractivity contribution in [2.45, 2.75) is 19.4 Å². The van der Waals surface area contributed by atoms with Gasteiger partial charge in [0.1, 0.15) is 12.4 Å². The molecule has 1 aromatic heterocycles. The van der Waals surface area contributed by atoms with Gasteiger partial charge in [-0.2, -0.15) is 5.10 Å². The van der Waals surface area contributed by atoms with E-state index >= 15 is 0 Å². The molecule has 0 aliphatic carbocycles. The fourth-order valence-electron chi connectivity index (χ4n) is 1.47. The van der Waals surface area contributed by atoms with Crippen LogP contribution in [0.2, 0.25) is 0 Å². The molecule has 0 saturated heterocycles. The van der Waals surface area contributed by atoms with E-state index in [9.17, 15) is 5.11 Å². The van der Waals surface area contributed by atoms with Crippen molar-refractivity contribution in [3.63, 3.8) is 0 Å². The average molecular weight is 437 g/mol. The first kappa shape index (κ1) is 14.8. The third kappa shape index (κ3) is 3.93. The first-order valence-electron chi connectivity index (χ1n) is 5.71. The van der Waals surface area contributed by atoms with Crippen molar-refractivity contribution in [1.82, 2.24) is 9.78 Å². The summed E-state index contributed by atoms with van der Waals surface area (Å²) in [5, 5.41) is 13.9. The molecule has 1 N–H and O–H groups in total. The number of hydrogen-bond donors (Lipinski definition) is 1. The molecule has 2 rings (SSSR count). The number of halogens is 2. The molecule has 0 radical (unpaired) electrons. The van der Waals surface area contributed by atoms with E-state index in [4.69, 9.17) is 4.74 Å². The van der Waals surface area contributed by atoms with Crippen LogP contribution in [0, 0.1) is 3.57 Å². The van der Waals surface area contributed by atoms with Gasteiger partial charge >= 0.3 is 0 Å². The molecule has 102 valence electrons. The lowest BCUT2D eigenvalue weighted by molar-refractivity contribution is 0.0282. The highest BCUT2D eigenvalue weighted by atomic mass is 127. The number of nitrogens with zero attached hydrogens (tertiary/aromatic N) is 2. The molecule has 0 amide bonds. The Bertz CT molecular complexity index is 565. The van der Waals surface area contributed by atoms with Gasteiger partial charge in [0.25, 0.3) is 0 Å². The Balaban J connectivity index is 2.32. The minimum atomic E-state index is -0.867. The van der Waals surface area contributed by atoms with Crippen molar-refractivity contribution >= 4 is 38.5 Å². The Morgan fingerprint density at radius 2 is 2.21 bits per heavy atom. The molecule has 0 aliphatic rings. The normalized spacial score (nSPS) is 11.6. The predicted molar refractivity (Wildman–Crippen MR) is 85.8 cm³/mol. The lowest BCUT2D eigenvalue weighted by atomic mass is 10.2. The van der Waals surface area contributed by atoms with Gasteiger partial charge in [-0.3, -0.25) is 0 Å². The first-order valence-corrected chi connectivity index (χ1v) is 7.58. The molecule has 2 aromatic rings. The number of hydrogen-bond acceptors (Lipinski definition) is 3. The Hall–Kier alpha value is -0.600. The SMILES string of the molecule is CC(C)(O)COc1cc(-n2cccn2)c(I)cc1Br. The van der Waals surface area contributed by atoms with Crippen molar-refractivity contribution in [2.75, 3.05) is 6.61 Å². The maximum atomic E-state index is 9.72. The molecule has 6 heteroatoms. The van der Waals surface area contributed by atoms with Crippen molar-refractivity contribution in [1.29, 1.82) is 0 Å². The summed E-state index contributed by atoms with van der Waals surface area (Å²) in [6.07, 6.45) is 3.61. The van der Waals surface area contributed by atoms with Gasteiger partial charge in [-0.1, -0.05) is 0 Å². The highest BCUT2D eigenvalue weighted by molar-refractivity contribution is 14.1. The van der Waals surface area contributed by atoms with Gasteiger partial charge < -0.3 is 9.84 Å². The number of rotatable bonds is 4. The molecule has 19 heavy (non-hydrogen) atoms. The fraction of sp³-hybridized carbons (Fsp3) is 0.308. The second-order valence-corrected chi connectivity index (χ2v) is 6.80. The minimum absolute atomic E-state index is 0.227. The lowest BCUT2D eigenvalue weighted by Crippen LogP contribution is -2.28. The Labute approximate surface area is 134 Å². The van der Waals surface area contributed by atoms with Crippen LogP contribution in [0.5, 0.6) is 5.75 Å². The molecule has 0 fully saturated rings. The molecular formula is C13H14BrIN2O2. The molecule has 0 unspecified atom stereocenters. The van der Waals surface area contributed by atoms with Crippen LogP contribution in [0.4, 0.5) is 0 Å². The van der Waals surface area contributed by atoms with Crippen LogP contribution in [0.15, 0.2) is 35.1 Å². The number of ether oxygens (including phenoxy) is 1. The summed E-state index contributed by atoms with van der Waals surface area (Å²) in [5.74, 6) is 0.688. The van der Waals surface area contributed by atoms with Crippen LogP contribution in [-0.2, 0) is 0 Å². The zero-order valence-electron chi connectivity index (χ0n) is 10.6. The lowest BCUT2D eigenvalue weighted by Gasteiger charge is -2.19. The van der Waals surface area contributed by atoms with E-state index in [-0.39, 0.29) is 6.61 Å². The topological polar surface area (TPSA) is 47.3 Å². The third-order valence-corrected chi connectivity index (χ3v) is 3.82. The standard InChI is InChI=1S/C13H14BrIN2O2/c1-13(2,18)8-19-12-7-11(10(15)6-9(12)14)17-5-3-4-16-17/h3-7,18H,8H2,1-2H3. The van der Waals surface area contributed by atoms with Gasteiger partial charge in [0.15, 0.2) is 0 Å². The van der Waals surface area contributed by atoms with Crippen LogP contribution < -0.4 is 4.74 Å². The molecule has 0 bridgehead atoms. The molecule has 1 heterocycles. The highest BCUT2D eigenvalue weighted by Gasteiger charge is 2.16. The Kier molecular flexibility index (Phi) is 4.52. The smallest absolute Gasteiger partial charge is 0.135 e. The summed E-state index contributed by atoms with van der Waals surface area (Å²) in [5.41, 5.74) is 0.0773. The molecular weight excluding hydrogens is 423 g/mol. The monoisotopic (exact) mass is 436 g/mol. The summed E-state index contributed by atoms with van der Waals surface area (Å²) in [4.78, 5) is 0. The van der Waals surface area contributed by atoms with Gasteiger partial charge in [0.05, 0.1) is 15.8 Å². The second-order valence-electron chi connectivity index (χ2n) is 4.79. The third-order valence-electron chi connectivity index (χ3n) is 2.33. The van der Waals surface area contributed by atoms with E-state index < -0.39 is 5.60 Å². The van der Waals surface area contributed by atoms with Gasteiger partial charge in [-0.15, -0.1) is 0 Å². The van der Waals surface area contributed by atoms with Crippen molar-refractivity contribution in [3.8, 4) is 11.4 Å². The van der Waals surface area contributed by atoms with Crippen LogP contribution in [-0.4, -0.2) is 27.1 Å². The van der Waals surface area contributed by atoms with Crippen LogP contribution >= 0.6 is 38.5 Å². The van der Waals surface area contributed by atoms with Crippen molar-refractivity contribution < 1.29 is 9.84 Å². The Morgan fingerprint density at radius 1 is 1.47 bits per heavy atom. The van der Waals surface area contributed by atoms with Crippen molar-refractivity contribution in [2.24, 2.45) is 0 Å². The predicted octanol–water partition coefficient (Wildman–Crippen LogP) is 3.39. The Morgan fingerprint density at radius 3 is 2.79 bits per heavy atom. The van der Waals surface area contributed by atoms with Crippen LogP contribution in [0.3, 0.4) is 0 Å². The summed E-state index contributed by atoms with van der Waals surface area (Å²) in [7, 11) is 0. The quantitative estimate of drug-likeness (QED) is 0.747. The van der Waals surface area contributed by atoms with E-state index in [1.165, 1.54) is 0 Å². The zero-order chi connectivity index (χ0) is 14.0. The van der Waals surface area contributed by atoms with Gasteiger partial charge in [0, 0.05) is 22.0 Å². The van der Waals surface area contributed by atoms with Crippen molar-refractivity contribution in [3.05, 3.63) is 38.6 Å². The first-order chi connectivity index (χ1) is 8.87. The minimum Gasteiger partial charge on any atom is -0.489 e. The summed E-state index contributed by atoms with van der Waals surface area (Å²) < 4.78 is 9.35. The van der Waals surface area contributed by atoms with Gasteiger partial charge in [-0.25, -0.2) is 4.68 Å². The largest absolute Gasteiger partial charge is 0.489 e. The van der Waals surface area contributed by atoms with Gasteiger partial charge in [0.2, 0.25) is 0 Å². The number of aromatic nitrogens is 2. The van der Waals surface area contributed by atoms with Crippen LogP contribution in [0.25, 0.3) is 5.69 Å². The second kappa shape index (κ2) is 5.80. The van der Waals surface area contributed by atoms with E-state index in [1.54, 1.807) is 24.7 Å². The fourth-order valence-corrected chi connectivity index (χ4v) is 3.07. The number of aliphatic hydroxyl groups is 1. The molecule has 1 aromatic carbocycles. The molecule has 0 saturated carbocycles. The summed E-state index contributed by atoms with van der Waals surface area (Å²) >= 11 is 5.72.